The Morgan fingerprint density at radius 1 is 1.42 bits per heavy atom. The molecule has 2 rings (SSSR count). The fourth-order valence-electron chi connectivity index (χ4n) is 2.29. The highest BCUT2D eigenvalue weighted by molar-refractivity contribution is 7.99. The minimum atomic E-state index is -4.31. The van der Waals surface area contributed by atoms with Crippen molar-refractivity contribution < 1.29 is 13.2 Å². The van der Waals surface area contributed by atoms with Crippen molar-refractivity contribution in [1.82, 2.24) is 0 Å². The highest BCUT2D eigenvalue weighted by Crippen LogP contribution is 2.34. The van der Waals surface area contributed by atoms with E-state index >= 15 is 0 Å². The quantitative estimate of drug-likeness (QED) is 0.907. The monoisotopic (exact) mass is 290 g/mol. The van der Waals surface area contributed by atoms with Crippen molar-refractivity contribution in [3.8, 4) is 0 Å². The summed E-state index contributed by atoms with van der Waals surface area (Å²) in [4.78, 5) is 2.15. The molecule has 1 aromatic carbocycles. The molecule has 19 heavy (non-hydrogen) atoms. The molecule has 1 saturated heterocycles. The summed E-state index contributed by atoms with van der Waals surface area (Å²) >= 11 is 1.87. The first-order valence-electron chi connectivity index (χ1n) is 6.18. The molecule has 0 bridgehead atoms. The fraction of sp³-hybridized carbons (Fsp3) is 0.538. The third kappa shape index (κ3) is 3.17. The van der Waals surface area contributed by atoms with Gasteiger partial charge in [-0.15, -0.1) is 0 Å². The Morgan fingerprint density at radius 2 is 2.16 bits per heavy atom. The van der Waals surface area contributed by atoms with Crippen LogP contribution in [0.4, 0.5) is 18.9 Å². The van der Waals surface area contributed by atoms with Crippen LogP contribution in [0.25, 0.3) is 0 Å². The maximum absolute atomic E-state index is 12.7. The van der Waals surface area contributed by atoms with Crippen molar-refractivity contribution in [3.05, 3.63) is 29.3 Å². The Labute approximate surface area is 115 Å². The van der Waals surface area contributed by atoms with E-state index in [1.165, 1.54) is 6.07 Å². The normalized spacial score (nSPS) is 20.7. The molecule has 1 aromatic rings. The molecule has 106 valence electrons. The van der Waals surface area contributed by atoms with Crippen molar-refractivity contribution in [1.29, 1.82) is 0 Å². The van der Waals surface area contributed by atoms with Crippen LogP contribution in [0, 0.1) is 0 Å². The molecule has 2 N–H and O–H groups in total. The van der Waals surface area contributed by atoms with Gasteiger partial charge in [0.2, 0.25) is 0 Å². The van der Waals surface area contributed by atoms with Gasteiger partial charge in [0.1, 0.15) is 0 Å². The topological polar surface area (TPSA) is 29.3 Å². The molecule has 6 heteroatoms. The van der Waals surface area contributed by atoms with Gasteiger partial charge in [0.15, 0.2) is 0 Å². The van der Waals surface area contributed by atoms with Crippen LogP contribution >= 0.6 is 11.8 Å². The van der Waals surface area contributed by atoms with Gasteiger partial charge in [-0.25, -0.2) is 0 Å². The second kappa shape index (κ2) is 5.63. The van der Waals surface area contributed by atoms with E-state index in [2.05, 4.69) is 11.8 Å². The van der Waals surface area contributed by atoms with Crippen LogP contribution in [0.15, 0.2) is 18.2 Å². The maximum atomic E-state index is 12.7. The number of thioether (sulfide) groups is 1. The lowest BCUT2D eigenvalue weighted by Crippen LogP contribution is -2.41. The van der Waals surface area contributed by atoms with Gasteiger partial charge in [-0.1, -0.05) is 0 Å². The predicted octanol–water partition coefficient (Wildman–Crippen LogP) is 3.11. The third-order valence-electron chi connectivity index (χ3n) is 3.30. The van der Waals surface area contributed by atoms with Crippen LogP contribution in [0.2, 0.25) is 0 Å². The van der Waals surface area contributed by atoms with E-state index in [9.17, 15) is 13.2 Å². The minimum absolute atomic E-state index is 0.121. The molecule has 2 nitrogen and oxygen atoms in total. The number of anilines is 1. The second-order valence-corrected chi connectivity index (χ2v) is 5.81. The maximum Gasteiger partial charge on any atom is 0.416 e. The first kappa shape index (κ1) is 14.5. The summed E-state index contributed by atoms with van der Waals surface area (Å²) in [6, 6.07) is 4.19. The van der Waals surface area contributed by atoms with Crippen molar-refractivity contribution in [3.63, 3.8) is 0 Å². The average molecular weight is 290 g/mol. The zero-order chi connectivity index (χ0) is 14.0. The van der Waals surface area contributed by atoms with Crippen LogP contribution in [0.1, 0.15) is 18.1 Å². The van der Waals surface area contributed by atoms with E-state index in [4.69, 9.17) is 5.73 Å². The van der Waals surface area contributed by atoms with Gasteiger partial charge in [-0.3, -0.25) is 0 Å². The van der Waals surface area contributed by atoms with Gasteiger partial charge in [-0.05, 0) is 30.7 Å². The Balaban J connectivity index is 2.35. The van der Waals surface area contributed by atoms with E-state index in [-0.39, 0.29) is 6.54 Å². The summed E-state index contributed by atoms with van der Waals surface area (Å²) in [6.07, 6.45) is -4.31. The average Bonchev–Trinajstić information content (AvgIpc) is 2.37. The lowest BCUT2D eigenvalue weighted by atomic mass is 10.1. The Bertz CT molecular complexity index is 448. The summed E-state index contributed by atoms with van der Waals surface area (Å²) in [5.74, 6) is 1.99. The first-order valence-corrected chi connectivity index (χ1v) is 7.33. The summed E-state index contributed by atoms with van der Waals surface area (Å²) in [7, 11) is 0. The molecule has 0 saturated carbocycles. The number of alkyl halides is 3. The van der Waals surface area contributed by atoms with Gasteiger partial charge in [-0.2, -0.15) is 24.9 Å². The number of hydrogen-bond acceptors (Lipinski definition) is 3. The number of benzene rings is 1. The van der Waals surface area contributed by atoms with Crippen LogP contribution in [-0.2, 0) is 12.7 Å². The fourth-order valence-corrected chi connectivity index (χ4v) is 3.30. The van der Waals surface area contributed by atoms with Crippen LogP contribution in [-0.4, -0.2) is 24.1 Å². The highest BCUT2D eigenvalue weighted by atomic mass is 32.2. The largest absolute Gasteiger partial charge is 0.416 e. The second-order valence-electron chi connectivity index (χ2n) is 4.66. The number of rotatable bonds is 2. The van der Waals surface area contributed by atoms with Crippen molar-refractivity contribution in [2.75, 3.05) is 23.0 Å². The molecule has 1 unspecified atom stereocenters. The van der Waals surface area contributed by atoms with Gasteiger partial charge in [0.25, 0.3) is 0 Å². The van der Waals surface area contributed by atoms with Gasteiger partial charge in [0, 0.05) is 36.3 Å². The standard InChI is InChI=1S/C13H17F3N2S/c1-9-8-19-5-4-18(9)12-3-2-11(13(14,15)16)6-10(12)7-17/h2-3,6,9H,4-5,7-8,17H2,1H3. The number of nitrogens with two attached hydrogens (primary N) is 1. The lowest BCUT2D eigenvalue weighted by molar-refractivity contribution is -0.137. The van der Waals surface area contributed by atoms with E-state index in [1.807, 2.05) is 11.8 Å². The third-order valence-corrected chi connectivity index (χ3v) is 4.49. The summed E-state index contributed by atoms with van der Waals surface area (Å²) in [5.41, 5.74) is 6.39. The Hall–Kier alpha value is -0.880. The van der Waals surface area contributed by atoms with E-state index in [1.54, 1.807) is 6.07 Å². The predicted molar refractivity (Wildman–Crippen MR) is 73.5 cm³/mol. The molecule has 1 atom stereocenters. The van der Waals surface area contributed by atoms with Gasteiger partial charge >= 0.3 is 6.18 Å². The van der Waals surface area contributed by atoms with E-state index in [0.29, 0.717) is 11.6 Å². The van der Waals surface area contributed by atoms with Crippen LogP contribution in [0.5, 0.6) is 0 Å². The summed E-state index contributed by atoms with van der Waals surface area (Å²) < 4.78 is 38.1. The molecule has 0 aromatic heterocycles. The van der Waals surface area contributed by atoms with Crippen molar-refractivity contribution in [2.45, 2.75) is 25.7 Å². The van der Waals surface area contributed by atoms with Crippen LogP contribution in [0.3, 0.4) is 0 Å². The zero-order valence-corrected chi connectivity index (χ0v) is 11.5. The molecule has 0 radical (unpaired) electrons. The van der Waals surface area contributed by atoms with Crippen molar-refractivity contribution >= 4 is 17.4 Å². The lowest BCUT2D eigenvalue weighted by Gasteiger charge is -2.36. The first-order chi connectivity index (χ1) is 8.93. The van der Waals surface area contributed by atoms with Crippen LogP contribution < -0.4 is 10.6 Å². The number of nitrogens with zero attached hydrogens (tertiary/aromatic N) is 1. The number of halogens is 3. The number of hydrogen-bond donors (Lipinski definition) is 1. The van der Waals surface area contributed by atoms with Gasteiger partial charge in [0.05, 0.1) is 5.56 Å². The smallest absolute Gasteiger partial charge is 0.367 e. The van der Waals surface area contributed by atoms with Gasteiger partial charge < -0.3 is 10.6 Å². The Kier molecular flexibility index (Phi) is 4.30. The molecule has 0 amide bonds. The molecule has 0 spiro atoms. The molecule has 1 aliphatic heterocycles. The molecular weight excluding hydrogens is 273 g/mol. The summed E-state index contributed by atoms with van der Waals surface area (Å²) in [5, 5.41) is 0. The SMILES string of the molecule is CC1CSCCN1c1ccc(C(F)(F)F)cc1CN. The molecule has 1 fully saturated rings. The van der Waals surface area contributed by atoms with E-state index in [0.717, 1.165) is 29.8 Å². The molecule has 1 heterocycles. The summed E-state index contributed by atoms with van der Waals surface area (Å²) in [6.45, 7) is 3.06. The highest BCUT2D eigenvalue weighted by Gasteiger charge is 2.31. The molecule has 0 aliphatic carbocycles. The Morgan fingerprint density at radius 3 is 2.74 bits per heavy atom. The van der Waals surface area contributed by atoms with Crippen molar-refractivity contribution in [2.24, 2.45) is 5.73 Å². The zero-order valence-electron chi connectivity index (χ0n) is 10.7. The minimum Gasteiger partial charge on any atom is -0.367 e. The van der Waals surface area contributed by atoms with E-state index < -0.39 is 11.7 Å². The molecule has 1 aliphatic rings. The molecular formula is C13H17F3N2S.